The smallest absolute Gasteiger partial charge is 0.339 e. The van der Waals surface area contributed by atoms with E-state index in [1.54, 1.807) is 20.8 Å². The molecule has 7 nitrogen and oxygen atoms in total. The monoisotopic (exact) mass is 313 g/mol. The molecule has 0 unspecified atom stereocenters. The van der Waals surface area contributed by atoms with Crippen LogP contribution in [0, 0.1) is 0 Å². The molecular formula is C15H23NO6. The number of allylic oxidation sites excluding steroid dienone is 2. The van der Waals surface area contributed by atoms with E-state index in [1.165, 1.54) is 13.8 Å². The first-order valence-electron chi connectivity index (χ1n) is 7.24. The van der Waals surface area contributed by atoms with Crippen molar-refractivity contribution in [2.24, 2.45) is 0 Å². The quantitative estimate of drug-likeness (QED) is 0.742. The Kier molecular flexibility index (Phi) is 5.73. The number of carbonyl (C=O) groups is 2. The minimum atomic E-state index is -1.87. The predicted octanol–water partition coefficient (Wildman–Crippen LogP) is 1.51. The first kappa shape index (κ1) is 18.2. The minimum absolute atomic E-state index is 0.0534. The van der Waals surface area contributed by atoms with Gasteiger partial charge in [-0.1, -0.05) is 6.92 Å². The summed E-state index contributed by atoms with van der Waals surface area (Å²) in [5, 5.41) is 21.8. The van der Waals surface area contributed by atoms with Crippen LogP contribution in [-0.2, 0) is 19.1 Å². The second kappa shape index (κ2) is 6.93. The van der Waals surface area contributed by atoms with Crippen molar-refractivity contribution in [3.63, 3.8) is 0 Å². The average molecular weight is 313 g/mol. The second-order valence-corrected chi connectivity index (χ2v) is 4.89. The van der Waals surface area contributed by atoms with Gasteiger partial charge in [-0.05, 0) is 34.1 Å². The van der Waals surface area contributed by atoms with E-state index in [9.17, 15) is 19.9 Å². The van der Waals surface area contributed by atoms with Crippen molar-refractivity contribution in [3.05, 3.63) is 22.5 Å². The molecule has 22 heavy (non-hydrogen) atoms. The molecule has 0 saturated heterocycles. The van der Waals surface area contributed by atoms with Gasteiger partial charge in [0.2, 0.25) is 0 Å². The van der Waals surface area contributed by atoms with Gasteiger partial charge in [-0.2, -0.15) is 0 Å². The summed E-state index contributed by atoms with van der Waals surface area (Å²) in [5.74, 6) is -1.56. The van der Waals surface area contributed by atoms with Crippen molar-refractivity contribution in [2.75, 3.05) is 13.2 Å². The van der Waals surface area contributed by atoms with E-state index in [1.807, 2.05) is 0 Å². The van der Waals surface area contributed by atoms with Crippen molar-refractivity contribution in [1.29, 1.82) is 0 Å². The first-order valence-corrected chi connectivity index (χ1v) is 7.24. The average Bonchev–Trinajstić information content (AvgIpc) is 2.45. The minimum Gasteiger partial charge on any atom is -0.462 e. The van der Waals surface area contributed by atoms with Crippen molar-refractivity contribution in [3.8, 4) is 0 Å². The molecular weight excluding hydrogens is 290 g/mol. The number of nitrogens with zero attached hydrogens (tertiary/aromatic N) is 1. The Bertz CT molecular complexity index is 492. The summed E-state index contributed by atoms with van der Waals surface area (Å²) in [4.78, 5) is 24.4. The number of ether oxygens (including phenoxy) is 2. The number of hydrogen-bond acceptors (Lipinski definition) is 7. The van der Waals surface area contributed by atoms with Crippen molar-refractivity contribution >= 4 is 11.9 Å². The molecule has 0 saturated carbocycles. The fourth-order valence-corrected chi connectivity index (χ4v) is 2.58. The van der Waals surface area contributed by atoms with Crippen LogP contribution >= 0.6 is 0 Å². The normalized spacial score (nSPS) is 17.7. The number of hydroxylamine groups is 2. The molecule has 0 radical (unpaired) electrons. The molecule has 1 aliphatic heterocycles. The number of rotatable bonds is 5. The molecule has 124 valence electrons. The van der Waals surface area contributed by atoms with Gasteiger partial charge in [0.05, 0.1) is 35.8 Å². The Morgan fingerprint density at radius 2 is 1.36 bits per heavy atom. The molecule has 0 aromatic heterocycles. The molecule has 0 bridgehead atoms. The van der Waals surface area contributed by atoms with Crippen molar-refractivity contribution < 1.29 is 29.4 Å². The van der Waals surface area contributed by atoms with Crippen LogP contribution in [0.15, 0.2) is 22.5 Å². The number of aliphatic hydroxyl groups is 1. The lowest BCUT2D eigenvalue weighted by Crippen LogP contribution is -2.47. The van der Waals surface area contributed by atoms with Crippen LogP contribution in [0.2, 0.25) is 0 Å². The molecule has 2 N–H and O–H groups in total. The number of hydrogen-bond donors (Lipinski definition) is 2. The van der Waals surface area contributed by atoms with Gasteiger partial charge in [-0.15, -0.1) is 0 Å². The Labute approximate surface area is 129 Å². The molecule has 0 amide bonds. The standard InChI is InChI=1S/C15H23NO6/c1-6-15(19)11(13(17)21-7-2)9(4)16(20)10(5)12(15)14(18)22-8-3/h19-20H,6-8H2,1-5H3. The van der Waals surface area contributed by atoms with E-state index in [2.05, 4.69) is 0 Å². The van der Waals surface area contributed by atoms with Crippen LogP contribution in [0.4, 0.5) is 0 Å². The first-order chi connectivity index (χ1) is 10.3. The highest BCUT2D eigenvalue weighted by Gasteiger charge is 2.49. The molecule has 0 spiro atoms. The summed E-state index contributed by atoms with van der Waals surface area (Å²) < 4.78 is 9.90. The maximum Gasteiger partial charge on any atom is 0.339 e. The van der Waals surface area contributed by atoms with Crippen LogP contribution in [-0.4, -0.2) is 46.1 Å². The maximum atomic E-state index is 12.2. The third-order valence-corrected chi connectivity index (χ3v) is 3.66. The van der Waals surface area contributed by atoms with E-state index in [0.29, 0.717) is 5.06 Å². The SMILES string of the molecule is CCOC(=O)C1=C(C)N(O)C(C)=C(C(=O)OCC)C1(O)CC. The molecule has 1 aliphatic rings. The van der Waals surface area contributed by atoms with Gasteiger partial charge in [-0.3, -0.25) is 5.21 Å². The summed E-state index contributed by atoms with van der Waals surface area (Å²) in [6.07, 6.45) is 0.0534. The van der Waals surface area contributed by atoms with Gasteiger partial charge >= 0.3 is 11.9 Å². The van der Waals surface area contributed by atoms with Crippen LogP contribution in [0.5, 0.6) is 0 Å². The second-order valence-electron chi connectivity index (χ2n) is 4.89. The zero-order valence-electron chi connectivity index (χ0n) is 13.6. The molecule has 0 aromatic rings. The summed E-state index contributed by atoms with van der Waals surface area (Å²) in [7, 11) is 0. The number of esters is 2. The topological polar surface area (TPSA) is 96.3 Å². The number of carbonyl (C=O) groups excluding carboxylic acids is 2. The summed E-state index contributed by atoms with van der Waals surface area (Å²) in [5.41, 5.74) is -1.95. The molecule has 7 heteroatoms. The summed E-state index contributed by atoms with van der Waals surface area (Å²) >= 11 is 0. The highest BCUT2D eigenvalue weighted by atomic mass is 16.5. The van der Waals surface area contributed by atoms with Crippen LogP contribution in [0.1, 0.15) is 41.0 Å². The van der Waals surface area contributed by atoms with E-state index >= 15 is 0 Å². The summed E-state index contributed by atoms with van der Waals surface area (Å²) in [6, 6.07) is 0. The fraction of sp³-hybridized carbons (Fsp3) is 0.600. The van der Waals surface area contributed by atoms with Gasteiger partial charge in [0.15, 0.2) is 0 Å². The van der Waals surface area contributed by atoms with E-state index in [4.69, 9.17) is 9.47 Å². The predicted molar refractivity (Wildman–Crippen MR) is 77.5 cm³/mol. The van der Waals surface area contributed by atoms with Gasteiger partial charge < -0.3 is 14.6 Å². The van der Waals surface area contributed by atoms with Crippen LogP contribution in [0.3, 0.4) is 0 Å². The highest BCUT2D eigenvalue weighted by molar-refractivity contribution is 6.00. The molecule has 0 fully saturated rings. The van der Waals surface area contributed by atoms with Gasteiger partial charge in [0, 0.05) is 0 Å². The molecule has 0 aromatic carbocycles. The van der Waals surface area contributed by atoms with Crippen LogP contribution in [0.25, 0.3) is 0 Å². The third kappa shape index (κ3) is 2.86. The lowest BCUT2D eigenvalue weighted by atomic mass is 9.79. The van der Waals surface area contributed by atoms with Crippen LogP contribution < -0.4 is 0 Å². The Morgan fingerprint density at radius 3 is 1.64 bits per heavy atom. The lowest BCUT2D eigenvalue weighted by Gasteiger charge is -2.39. The van der Waals surface area contributed by atoms with Crippen molar-refractivity contribution in [2.45, 2.75) is 46.6 Å². The maximum absolute atomic E-state index is 12.2. The van der Waals surface area contributed by atoms with E-state index in [0.717, 1.165) is 0 Å². The highest BCUT2D eigenvalue weighted by Crippen LogP contribution is 2.40. The molecule has 0 aliphatic carbocycles. The largest absolute Gasteiger partial charge is 0.462 e. The summed E-state index contributed by atoms with van der Waals surface area (Å²) in [6.45, 7) is 8.05. The molecule has 0 atom stereocenters. The zero-order valence-corrected chi connectivity index (χ0v) is 13.6. The third-order valence-electron chi connectivity index (χ3n) is 3.66. The Hall–Kier alpha value is -1.86. The van der Waals surface area contributed by atoms with E-state index in [-0.39, 0.29) is 42.2 Å². The zero-order chi connectivity index (χ0) is 17.1. The Balaban J connectivity index is 3.52. The Morgan fingerprint density at radius 1 is 1.00 bits per heavy atom. The van der Waals surface area contributed by atoms with Gasteiger partial charge in [0.25, 0.3) is 0 Å². The van der Waals surface area contributed by atoms with Crippen molar-refractivity contribution in [1.82, 2.24) is 5.06 Å². The van der Waals surface area contributed by atoms with E-state index < -0.39 is 17.5 Å². The molecule has 1 heterocycles. The fourth-order valence-electron chi connectivity index (χ4n) is 2.58. The lowest BCUT2D eigenvalue weighted by molar-refractivity contribution is -0.145. The van der Waals surface area contributed by atoms with Gasteiger partial charge in [0.1, 0.15) is 5.60 Å². The molecule has 1 rings (SSSR count). The van der Waals surface area contributed by atoms with Gasteiger partial charge in [-0.25, -0.2) is 14.7 Å².